The van der Waals surface area contributed by atoms with Crippen LogP contribution in [0.2, 0.25) is 0 Å². The highest BCUT2D eigenvalue weighted by molar-refractivity contribution is 5.85. The van der Waals surface area contributed by atoms with Crippen LogP contribution in [0.3, 0.4) is 0 Å². The van der Waals surface area contributed by atoms with E-state index >= 15 is 0 Å². The topological polar surface area (TPSA) is 96.5 Å². The van der Waals surface area contributed by atoms with Gasteiger partial charge in [0.2, 0.25) is 17.7 Å². The number of carboxylic acid groups (broad SMARTS) is 1. The lowest BCUT2D eigenvalue weighted by Crippen LogP contribution is -2.25. The molecule has 1 N–H and O–H groups in total. The SMILES string of the molecule is O=C(O)C1CC(=O)N(Cc2nnc(-c3ccccc3)o2)C1. The number of hydrogen-bond donors (Lipinski definition) is 1. The van der Waals surface area contributed by atoms with E-state index < -0.39 is 11.9 Å². The number of carbonyl (C=O) groups excluding carboxylic acids is 1. The molecule has 21 heavy (non-hydrogen) atoms. The van der Waals surface area contributed by atoms with Gasteiger partial charge in [0.05, 0.1) is 12.5 Å². The van der Waals surface area contributed by atoms with E-state index in [0.717, 1.165) is 5.56 Å². The molecule has 1 fully saturated rings. The first-order valence-corrected chi connectivity index (χ1v) is 6.52. The van der Waals surface area contributed by atoms with E-state index in [-0.39, 0.29) is 25.4 Å². The molecule has 7 heteroatoms. The Morgan fingerprint density at radius 2 is 2.10 bits per heavy atom. The normalized spacial score (nSPS) is 18.2. The summed E-state index contributed by atoms with van der Waals surface area (Å²) >= 11 is 0. The Hall–Kier alpha value is -2.70. The largest absolute Gasteiger partial charge is 0.481 e. The average Bonchev–Trinajstić information content (AvgIpc) is 3.08. The average molecular weight is 287 g/mol. The highest BCUT2D eigenvalue weighted by atomic mass is 16.4. The zero-order valence-corrected chi connectivity index (χ0v) is 11.1. The number of carbonyl (C=O) groups is 2. The van der Waals surface area contributed by atoms with E-state index in [9.17, 15) is 9.59 Å². The van der Waals surface area contributed by atoms with Gasteiger partial charge in [0.25, 0.3) is 0 Å². The molecule has 1 aromatic carbocycles. The summed E-state index contributed by atoms with van der Waals surface area (Å²) in [5, 5.41) is 16.8. The molecule has 1 aliphatic rings. The van der Waals surface area contributed by atoms with Crippen molar-refractivity contribution < 1.29 is 19.1 Å². The predicted octanol–water partition coefficient (Wildman–Crippen LogP) is 1.17. The molecule has 1 saturated heterocycles. The summed E-state index contributed by atoms with van der Waals surface area (Å²) in [5.41, 5.74) is 0.799. The van der Waals surface area contributed by atoms with Crippen LogP contribution in [0.1, 0.15) is 12.3 Å². The van der Waals surface area contributed by atoms with Gasteiger partial charge in [0.1, 0.15) is 0 Å². The van der Waals surface area contributed by atoms with E-state index in [4.69, 9.17) is 9.52 Å². The molecule has 1 atom stereocenters. The Bertz CT molecular complexity index is 668. The maximum absolute atomic E-state index is 11.7. The third-order valence-electron chi connectivity index (χ3n) is 3.38. The summed E-state index contributed by atoms with van der Waals surface area (Å²) in [6, 6.07) is 9.30. The Morgan fingerprint density at radius 1 is 1.33 bits per heavy atom. The first-order chi connectivity index (χ1) is 10.1. The number of rotatable bonds is 4. The van der Waals surface area contributed by atoms with Crippen LogP contribution >= 0.6 is 0 Å². The Balaban J connectivity index is 1.71. The monoisotopic (exact) mass is 287 g/mol. The van der Waals surface area contributed by atoms with E-state index in [2.05, 4.69) is 10.2 Å². The molecule has 0 aliphatic carbocycles. The van der Waals surface area contributed by atoms with E-state index in [1.165, 1.54) is 4.90 Å². The van der Waals surface area contributed by atoms with Crippen molar-refractivity contribution in [2.45, 2.75) is 13.0 Å². The summed E-state index contributed by atoms with van der Waals surface area (Å²) in [6.45, 7) is 0.319. The molecule has 108 valence electrons. The van der Waals surface area contributed by atoms with E-state index in [1.807, 2.05) is 30.3 Å². The number of likely N-dealkylation sites (tertiary alicyclic amines) is 1. The number of amides is 1. The zero-order chi connectivity index (χ0) is 14.8. The molecule has 1 amide bonds. The van der Waals surface area contributed by atoms with Crippen molar-refractivity contribution in [1.29, 1.82) is 0 Å². The molecule has 2 aromatic rings. The van der Waals surface area contributed by atoms with Crippen molar-refractivity contribution in [3.05, 3.63) is 36.2 Å². The predicted molar refractivity (Wildman–Crippen MR) is 70.9 cm³/mol. The number of carboxylic acids is 1. The fourth-order valence-electron chi connectivity index (χ4n) is 2.27. The Labute approximate surface area is 120 Å². The van der Waals surface area contributed by atoms with E-state index in [1.54, 1.807) is 0 Å². The number of aromatic nitrogens is 2. The quantitative estimate of drug-likeness (QED) is 0.906. The second kappa shape index (κ2) is 5.35. The highest BCUT2D eigenvalue weighted by Crippen LogP contribution is 2.22. The van der Waals surface area contributed by atoms with Crippen LogP contribution in [0, 0.1) is 5.92 Å². The number of nitrogens with zero attached hydrogens (tertiary/aromatic N) is 3. The molecular weight excluding hydrogens is 274 g/mol. The lowest BCUT2D eigenvalue weighted by molar-refractivity contribution is -0.141. The van der Waals surface area contributed by atoms with Gasteiger partial charge in [-0.25, -0.2) is 0 Å². The number of aliphatic carboxylic acids is 1. The van der Waals surface area contributed by atoms with Crippen molar-refractivity contribution in [2.75, 3.05) is 6.54 Å². The minimum Gasteiger partial charge on any atom is -0.481 e. The molecule has 3 rings (SSSR count). The van der Waals surface area contributed by atoms with Crippen molar-refractivity contribution in [3.8, 4) is 11.5 Å². The third-order valence-corrected chi connectivity index (χ3v) is 3.38. The van der Waals surface area contributed by atoms with Crippen molar-refractivity contribution in [3.63, 3.8) is 0 Å². The molecule has 1 aliphatic heterocycles. The molecule has 2 heterocycles. The van der Waals surface area contributed by atoms with Gasteiger partial charge >= 0.3 is 5.97 Å². The smallest absolute Gasteiger partial charge is 0.308 e. The Morgan fingerprint density at radius 3 is 2.76 bits per heavy atom. The summed E-state index contributed by atoms with van der Waals surface area (Å²) in [5.74, 6) is -1.14. The van der Waals surface area contributed by atoms with Gasteiger partial charge < -0.3 is 14.4 Å². The second-order valence-corrected chi connectivity index (χ2v) is 4.88. The van der Waals surface area contributed by atoms with Crippen LogP contribution in [0.5, 0.6) is 0 Å². The molecule has 0 saturated carbocycles. The van der Waals surface area contributed by atoms with Crippen LogP contribution < -0.4 is 0 Å². The van der Waals surface area contributed by atoms with Crippen molar-refractivity contribution >= 4 is 11.9 Å². The van der Waals surface area contributed by atoms with Crippen molar-refractivity contribution in [1.82, 2.24) is 15.1 Å². The lowest BCUT2D eigenvalue weighted by Gasteiger charge is -2.12. The molecule has 1 unspecified atom stereocenters. The van der Waals surface area contributed by atoms with Crippen LogP contribution in [-0.2, 0) is 16.1 Å². The summed E-state index contributed by atoms with van der Waals surface area (Å²) in [7, 11) is 0. The molecule has 0 bridgehead atoms. The van der Waals surface area contributed by atoms with Gasteiger partial charge in [0.15, 0.2) is 0 Å². The Kier molecular flexibility index (Phi) is 3.39. The van der Waals surface area contributed by atoms with Gasteiger partial charge in [-0.15, -0.1) is 10.2 Å². The van der Waals surface area contributed by atoms with E-state index in [0.29, 0.717) is 11.8 Å². The first kappa shape index (κ1) is 13.3. The molecule has 0 radical (unpaired) electrons. The van der Waals surface area contributed by atoms with Crippen LogP contribution in [-0.4, -0.2) is 38.6 Å². The summed E-state index contributed by atoms with van der Waals surface area (Å²) in [4.78, 5) is 24.1. The summed E-state index contributed by atoms with van der Waals surface area (Å²) < 4.78 is 5.51. The molecular formula is C14H13N3O4. The fourth-order valence-corrected chi connectivity index (χ4v) is 2.27. The van der Waals surface area contributed by atoms with Crippen LogP contribution in [0.4, 0.5) is 0 Å². The number of benzene rings is 1. The molecule has 0 spiro atoms. The van der Waals surface area contributed by atoms with Crippen LogP contribution in [0.15, 0.2) is 34.7 Å². The standard InChI is InChI=1S/C14H13N3O4/c18-12-6-10(14(19)20)7-17(12)8-11-15-16-13(21-11)9-4-2-1-3-5-9/h1-5,10H,6-8H2,(H,19,20). The molecule has 7 nitrogen and oxygen atoms in total. The highest BCUT2D eigenvalue weighted by Gasteiger charge is 2.34. The minimum absolute atomic E-state index is 0.0228. The van der Waals surface area contributed by atoms with Gasteiger partial charge in [-0.2, -0.15) is 0 Å². The first-order valence-electron chi connectivity index (χ1n) is 6.52. The van der Waals surface area contributed by atoms with Crippen LogP contribution in [0.25, 0.3) is 11.5 Å². The second-order valence-electron chi connectivity index (χ2n) is 4.88. The molecule has 1 aromatic heterocycles. The number of hydrogen-bond acceptors (Lipinski definition) is 5. The third kappa shape index (κ3) is 2.76. The zero-order valence-electron chi connectivity index (χ0n) is 11.1. The van der Waals surface area contributed by atoms with Gasteiger partial charge in [-0.05, 0) is 12.1 Å². The lowest BCUT2D eigenvalue weighted by atomic mass is 10.1. The summed E-state index contributed by atoms with van der Waals surface area (Å²) in [6.07, 6.45) is 0.0228. The maximum atomic E-state index is 11.7. The van der Waals surface area contributed by atoms with Gasteiger partial charge in [-0.1, -0.05) is 18.2 Å². The minimum atomic E-state index is -0.957. The van der Waals surface area contributed by atoms with Gasteiger partial charge in [0, 0.05) is 18.5 Å². The fraction of sp³-hybridized carbons (Fsp3) is 0.286. The maximum Gasteiger partial charge on any atom is 0.308 e. The van der Waals surface area contributed by atoms with Crippen molar-refractivity contribution in [2.24, 2.45) is 5.92 Å². The van der Waals surface area contributed by atoms with Gasteiger partial charge in [-0.3, -0.25) is 9.59 Å².